The lowest BCUT2D eigenvalue weighted by atomic mass is 10.2. The first-order valence-electron chi connectivity index (χ1n) is 7.62. The molecule has 0 atom stereocenters. The molecule has 0 unspecified atom stereocenters. The molecular weight excluding hydrogens is 372 g/mol. The highest BCUT2D eigenvalue weighted by atomic mass is 32.2. The number of thiazole rings is 1. The van der Waals surface area contributed by atoms with Crippen molar-refractivity contribution in [3.8, 4) is 11.4 Å². The molecule has 0 aliphatic carbocycles. The van der Waals surface area contributed by atoms with Gasteiger partial charge in [0.1, 0.15) is 0 Å². The summed E-state index contributed by atoms with van der Waals surface area (Å²) in [6.07, 6.45) is 1.64. The van der Waals surface area contributed by atoms with E-state index in [-0.39, 0.29) is 17.6 Å². The molecule has 0 fully saturated rings. The fraction of sp³-hybridized carbons (Fsp3) is 0.188. The van der Waals surface area contributed by atoms with Crippen LogP contribution in [0, 0.1) is 0 Å². The van der Waals surface area contributed by atoms with Crippen LogP contribution in [0.25, 0.3) is 11.4 Å². The minimum atomic E-state index is -0.144. The molecule has 0 spiro atoms. The van der Waals surface area contributed by atoms with Crippen LogP contribution in [-0.2, 0) is 16.6 Å². The van der Waals surface area contributed by atoms with E-state index in [1.807, 2.05) is 23.7 Å². The van der Waals surface area contributed by atoms with Gasteiger partial charge in [-0.15, -0.1) is 21.5 Å². The number of hydrogen-bond acceptors (Lipinski definition) is 7. The summed E-state index contributed by atoms with van der Waals surface area (Å²) in [5, 5.41) is 16.8. The number of benzene rings is 1. The molecule has 2 aromatic heterocycles. The minimum Gasteiger partial charge on any atom is -0.326 e. The quantitative estimate of drug-likeness (QED) is 0.630. The van der Waals surface area contributed by atoms with Gasteiger partial charge >= 0.3 is 0 Å². The fourth-order valence-corrected chi connectivity index (χ4v) is 3.42. The second-order valence-electron chi connectivity index (χ2n) is 5.30. The molecule has 2 heterocycles. The molecule has 0 aliphatic heterocycles. The lowest BCUT2D eigenvalue weighted by Gasteiger charge is -2.06. The third-order valence-corrected chi connectivity index (χ3v) is 5.02. The Bertz CT molecular complexity index is 905. The number of rotatable bonds is 6. The standard InChI is InChI=1S/C16H16N6O2S2/c1-10(23)18-12-5-3-11(4-6-12)14-20-21-16(22(14)2)26-9-13(24)19-15-17-7-8-25-15/h3-8H,9H2,1-2H3,(H,18,23)(H,17,19,24). The SMILES string of the molecule is CC(=O)Nc1ccc(-c2nnc(SCC(=O)Nc3nccs3)n2C)cc1. The van der Waals surface area contributed by atoms with E-state index in [2.05, 4.69) is 25.8 Å². The van der Waals surface area contributed by atoms with Crippen LogP contribution in [0.4, 0.5) is 10.8 Å². The smallest absolute Gasteiger partial charge is 0.236 e. The van der Waals surface area contributed by atoms with Gasteiger partial charge in [0.2, 0.25) is 11.8 Å². The Balaban J connectivity index is 1.64. The number of nitrogens with one attached hydrogen (secondary N) is 2. The van der Waals surface area contributed by atoms with Crippen molar-refractivity contribution >= 4 is 45.7 Å². The molecule has 26 heavy (non-hydrogen) atoms. The fourth-order valence-electron chi connectivity index (χ4n) is 2.17. The molecule has 0 radical (unpaired) electrons. The van der Waals surface area contributed by atoms with Gasteiger partial charge in [-0.25, -0.2) is 4.98 Å². The van der Waals surface area contributed by atoms with Crippen LogP contribution in [0.3, 0.4) is 0 Å². The van der Waals surface area contributed by atoms with Gasteiger partial charge in [0, 0.05) is 36.8 Å². The molecule has 1 aromatic carbocycles. The van der Waals surface area contributed by atoms with Crippen molar-refractivity contribution < 1.29 is 9.59 Å². The van der Waals surface area contributed by atoms with E-state index >= 15 is 0 Å². The van der Waals surface area contributed by atoms with Crippen LogP contribution in [0.2, 0.25) is 0 Å². The largest absolute Gasteiger partial charge is 0.326 e. The highest BCUT2D eigenvalue weighted by Gasteiger charge is 2.13. The number of nitrogens with zero attached hydrogens (tertiary/aromatic N) is 4. The third kappa shape index (κ3) is 4.46. The second kappa shape index (κ2) is 8.11. The highest BCUT2D eigenvalue weighted by molar-refractivity contribution is 7.99. The van der Waals surface area contributed by atoms with Crippen LogP contribution in [0.15, 0.2) is 41.0 Å². The highest BCUT2D eigenvalue weighted by Crippen LogP contribution is 2.24. The van der Waals surface area contributed by atoms with E-state index in [9.17, 15) is 9.59 Å². The van der Waals surface area contributed by atoms with Gasteiger partial charge in [0.15, 0.2) is 16.1 Å². The molecule has 2 amide bonds. The summed E-state index contributed by atoms with van der Waals surface area (Å²) in [5.74, 6) is 0.634. The average molecular weight is 388 g/mol. The summed E-state index contributed by atoms with van der Waals surface area (Å²) < 4.78 is 1.83. The minimum absolute atomic E-state index is 0.119. The predicted molar refractivity (Wildman–Crippen MR) is 102 cm³/mol. The molecule has 0 bridgehead atoms. The summed E-state index contributed by atoms with van der Waals surface area (Å²) in [7, 11) is 1.85. The topological polar surface area (TPSA) is 102 Å². The van der Waals surface area contributed by atoms with E-state index in [0.717, 1.165) is 11.3 Å². The Morgan fingerprint density at radius 3 is 2.62 bits per heavy atom. The molecular formula is C16H16N6O2S2. The number of anilines is 2. The van der Waals surface area contributed by atoms with Crippen LogP contribution in [0.5, 0.6) is 0 Å². The van der Waals surface area contributed by atoms with Gasteiger partial charge in [-0.2, -0.15) is 0 Å². The first-order valence-corrected chi connectivity index (χ1v) is 9.49. The van der Waals surface area contributed by atoms with Crippen molar-refractivity contribution in [1.29, 1.82) is 0 Å². The summed E-state index contributed by atoms with van der Waals surface area (Å²) in [6.45, 7) is 1.46. The van der Waals surface area contributed by atoms with E-state index in [1.54, 1.807) is 23.7 Å². The Labute approximate surface area is 158 Å². The van der Waals surface area contributed by atoms with Crippen molar-refractivity contribution in [1.82, 2.24) is 19.7 Å². The van der Waals surface area contributed by atoms with Crippen LogP contribution in [0.1, 0.15) is 6.92 Å². The van der Waals surface area contributed by atoms with E-state index in [1.165, 1.54) is 30.0 Å². The summed E-state index contributed by atoms with van der Waals surface area (Å²) in [4.78, 5) is 27.0. The molecule has 0 aliphatic rings. The van der Waals surface area contributed by atoms with E-state index < -0.39 is 0 Å². The zero-order valence-electron chi connectivity index (χ0n) is 14.1. The molecule has 134 valence electrons. The van der Waals surface area contributed by atoms with Crippen molar-refractivity contribution in [3.63, 3.8) is 0 Å². The Morgan fingerprint density at radius 2 is 1.96 bits per heavy atom. The van der Waals surface area contributed by atoms with Gasteiger partial charge < -0.3 is 15.2 Å². The maximum absolute atomic E-state index is 11.9. The lowest BCUT2D eigenvalue weighted by Crippen LogP contribution is -2.14. The number of carbonyl (C=O) groups is 2. The van der Waals surface area contributed by atoms with Crippen LogP contribution in [-0.4, -0.2) is 37.3 Å². The summed E-state index contributed by atoms with van der Waals surface area (Å²) in [6, 6.07) is 7.33. The molecule has 0 saturated carbocycles. The molecule has 0 saturated heterocycles. The van der Waals surface area contributed by atoms with E-state index in [0.29, 0.717) is 16.1 Å². The van der Waals surface area contributed by atoms with Gasteiger partial charge in [-0.05, 0) is 24.3 Å². The Hall–Kier alpha value is -2.72. The molecule has 2 N–H and O–H groups in total. The molecule has 3 rings (SSSR count). The maximum atomic E-state index is 11.9. The molecule has 3 aromatic rings. The van der Waals surface area contributed by atoms with Crippen molar-refractivity contribution in [2.45, 2.75) is 12.1 Å². The van der Waals surface area contributed by atoms with Crippen molar-refractivity contribution in [3.05, 3.63) is 35.8 Å². The molecule has 8 nitrogen and oxygen atoms in total. The number of hydrogen-bond donors (Lipinski definition) is 2. The number of amides is 2. The Morgan fingerprint density at radius 1 is 1.19 bits per heavy atom. The van der Waals surface area contributed by atoms with Gasteiger partial charge in [-0.1, -0.05) is 11.8 Å². The van der Waals surface area contributed by atoms with Crippen LogP contribution < -0.4 is 10.6 Å². The average Bonchev–Trinajstić information content (AvgIpc) is 3.23. The normalized spacial score (nSPS) is 10.5. The lowest BCUT2D eigenvalue weighted by molar-refractivity contribution is -0.114. The van der Waals surface area contributed by atoms with E-state index in [4.69, 9.17) is 0 Å². The maximum Gasteiger partial charge on any atom is 0.236 e. The number of carbonyl (C=O) groups excluding carboxylic acids is 2. The summed E-state index contributed by atoms with van der Waals surface area (Å²) >= 11 is 2.67. The summed E-state index contributed by atoms with van der Waals surface area (Å²) in [5.41, 5.74) is 1.59. The first kappa shape index (κ1) is 18.1. The third-order valence-electron chi connectivity index (χ3n) is 3.31. The monoisotopic (exact) mass is 388 g/mol. The second-order valence-corrected chi connectivity index (χ2v) is 7.13. The number of thioether (sulfide) groups is 1. The van der Waals surface area contributed by atoms with Crippen molar-refractivity contribution in [2.75, 3.05) is 16.4 Å². The predicted octanol–water partition coefficient (Wildman–Crippen LogP) is 2.63. The zero-order valence-corrected chi connectivity index (χ0v) is 15.7. The van der Waals surface area contributed by atoms with Crippen LogP contribution >= 0.6 is 23.1 Å². The Kier molecular flexibility index (Phi) is 5.64. The zero-order chi connectivity index (χ0) is 18.5. The van der Waals surface area contributed by atoms with Gasteiger partial charge in [0.25, 0.3) is 0 Å². The molecule has 10 heteroatoms. The number of aromatic nitrogens is 4. The first-order chi connectivity index (χ1) is 12.5. The van der Waals surface area contributed by atoms with Crippen molar-refractivity contribution in [2.24, 2.45) is 7.05 Å². The van der Waals surface area contributed by atoms with Gasteiger partial charge in [-0.3, -0.25) is 9.59 Å². The van der Waals surface area contributed by atoms with Gasteiger partial charge in [0.05, 0.1) is 5.75 Å².